The van der Waals surface area contributed by atoms with Crippen molar-refractivity contribution in [1.29, 1.82) is 0 Å². The molecule has 0 aliphatic carbocycles. The lowest BCUT2D eigenvalue weighted by Gasteiger charge is -2.33. The number of carbonyl (C=O) groups excluding carboxylic acids is 2. The highest BCUT2D eigenvalue weighted by atomic mass is 35.5. The van der Waals surface area contributed by atoms with Gasteiger partial charge in [0.2, 0.25) is 5.91 Å². The molecule has 2 aromatic carbocycles. The fraction of sp³-hybridized carbons (Fsp3) is 0.391. The molecular formula is C23H28ClN3O5S. The molecule has 1 saturated heterocycles. The second-order valence-corrected chi connectivity index (χ2v) is 10.3. The van der Waals surface area contributed by atoms with Gasteiger partial charge in [-0.1, -0.05) is 31.5 Å². The Hall–Kier alpha value is -2.78. The standard InChI is InChI=1S/C23H28ClN3O5S/c1-15(2)23(29)27-11-9-18(10-12-27)25-22(28)16-5-4-6-19(13-16)33(30,31)26-20-14-17(24)7-8-21(20)32-3/h4-8,13-15,18,26H,9-12H2,1-3H3,(H,25,28). The Morgan fingerprint density at radius 3 is 2.45 bits per heavy atom. The molecule has 2 aromatic rings. The van der Waals surface area contributed by atoms with Gasteiger partial charge in [-0.3, -0.25) is 14.3 Å². The average molecular weight is 494 g/mol. The number of methoxy groups -OCH3 is 1. The quantitative estimate of drug-likeness (QED) is 0.614. The van der Waals surface area contributed by atoms with Crippen LogP contribution >= 0.6 is 11.6 Å². The molecule has 33 heavy (non-hydrogen) atoms. The summed E-state index contributed by atoms with van der Waals surface area (Å²) in [5.74, 6) is 0.0167. The fourth-order valence-corrected chi connectivity index (χ4v) is 4.93. The minimum absolute atomic E-state index is 0.0543. The molecule has 1 aliphatic heterocycles. The summed E-state index contributed by atoms with van der Waals surface area (Å²) in [6, 6.07) is 10.3. The van der Waals surface area contributed by atoms with E-state index in [0.717, 1.165) is 0 Å². The van der Waals surface area contributed by atoms with Gasteiger partial charge < -0.3 is 15.0 Å². The van der Waals surface area contributed by atoms with Gasteiger partial charge in [0, 0.05) is 35.6 Å². The van der Waals surface area contributed by atoms with Crippen LogP contribution in [0.15, 0.2) is 47.4 Å². The Morgan fingerprint density at radius 2 is 1.82 bits per heavy atom. The molecule has 0 radical (unpaired) electrons. The second kappa shape index (κ2) is 10.4. The van der Waals surface area contributed by atoms with Crippen molar-refractivity contribution < 1.29 is 22.7 Å². The van der Waals surface area contributed by atoms with Gasteiger partial charge in [0.1, 0.15) is 5.75 Å². The number of anilines is 1. The maximum atomic E-state index is 12.9. The van der Waals surface area contributed by atoms with Crippen molar-refractivity contribution in [2.75, 3.05) is 24.9 Å². The SMILES string of the molecule is COc1ccc(Cl)cc1NS(=O)(=O)c1cccc(C(=O)NC2CCN(C(=O)C(C)C)CC2)c1. The summed E-state index contributed by atoms with van der Waals surface area (Å²) >= 11 is 5.98. The molecule has 0 spiro atoms. The molecule has 1 fully saturated rings. The van der Waals surface area contributed by atoms with E-state index < -0.39 is 10.0 Å². The van der Waals surface area contributed by atoms with Crippen molar-refractivity contribution >= 4 is 39.1 Å². The van der Waals surface area contributed by atoms with Crippen LogP contribution in [0.3, 0.4) is 0 Å². The summed E-state index contributed by atoms with van der Waals surface area (Å²) in [5, 5.41) is 3.30. The van der Waals surface area contributed by atoms with Crippen molar-refractivity contribution in [2.24, 2.45) is 5.92 Å². The van der Waals surface area contributed by atoms with Crippen LogP contribution in [0.5, 0.6) is 5.75 Å². The lowest BCUT2D eigenvalue weighted by Crippen LogP contribution is -2.47. The Labute approximate surface area is 199 Å². The van der Waals surface area contributed by atoms with Gasteiger partial charge >= 0.3 is 0 Å². The molecular weight excluding hydrogens is 466 g/mol. The van der Waals surface area contributed by atoms with E-state index in [2.05, 4.69) is 10.0 Å². The first-order chi connectivity index (χ1) is 15.6. The number of halogens is 1. The smallest absolute Gasteiger partial charge is 0.262 e. The molecule has 1 aliphatic rings. The minimum Gasteiger partial charge on any atom is -0.495 e. The van der Waals surface area contributed by atoms with Crippen LogP contribution in [0.25, 0.3) is 0 Å². The van der Waals surface area contributed by atoms with Gasteiger partial charge in [-0.25, -0.2) is 8.42 Å². The molecule has 8 nitrogen and oxygen atoms in total. The van der Waals surface area contributed by atoms with E-state index in [4.69, 9.17) is 16.3 Å². The molecule has 0 bridgehead atoms. The Balaban J connectivity index is 1.69. The third kappa shape index (κ3) is 6.17. The van der Waals surface area contributed by atoms with Gasteiger partial charge in [-0.15, -0.1) is 0 Å². The number of likely N-dealkylation sites (tertiary alicyclic amines) is 1. The molecule has 0 saturated carbocycles. The van der Waals surface area contributed by atoms with E-state index in [1.54, 1.807) is 18.2 Å². The third-order valence-corrected chi connectivity index (χ3v) is 7.05. The van der Waals surface area contributed by atoms with Crippen LogP contribution in [0.2, 0.25) is 5.02 Å². The van der Waals surface area contributed by atoms with Crippen molar-refractivity contribution in [1.82, 2.24) is 10.2 Å². The average Bonchev–Trinajstić information content (AvgIpc) is 2.79. The Morgan fingerprint density at radius 1 is 1.12 bits per heavy atom. The number of carbonyl (C=O) groups is 2. The van der Waals surface area contributed by atoms with Crippen LogP contribution in [-0.2, 0) is 14.8 Å². The lowest BCUT2D eigenvalue weighted by atomic mass is 10.0. The van der Waals surface area contributed by atoms with Gasteiger partial charge in [-0.2, -0.15) is 0 Å². The monoisotopic (exact) mass is 493 g/mol. The zero-order valence-electron chi connectivity index (χ0n) is 18.8. The number of hydrogen-bond donors (Lipinski definition) is 2. The topological polar surface area (TPSA) is 105 Å². The molecule has 10 heteroatoms. The first-order valence-electron chi connectivity index (χ1n) is 10.7. The summed E-state index contributed by atoms with van der Waals surface area (Å²) in [6.07, 6.45) is 1.30. The summed E-state index contributed by atoms with van der Waals surface area (Å²) in [4.78, 5) is 26.7. The predicted octanol–water partition coefficient (Wildman–Crippen LogP) is 3.53. The van der Waals surface area contributed by atoms with Gasteiger partial charge in [-0.05, 0) is 49.2 Å². The zero-order valence-corrected chi connectivity index (χ0v) is 20.4. The highest BCUT2D eigenvalue weighted by Crippen LogP contribution is 2.30. The van der Waals surface area contributed by atoms with Crippen molar-refractivity contribution in [3.8, 4) is 5.75 Å². The Kier molecular flexibility index (Phi) is 7.86. The number of nitrogens with zero attached hydrogens (tertiary/aromatic N) is 1. The van der Waals surface area contributed by atoms with E-state index in [1.807, 2.05) is 18.7 Å². The summed E-state index contributed by atoms with van der Waals surface area (Å²) < 4.78 is 33.5. The van der Waals surface area contributed by atoms with E-state index in [-0.39, 0.29) is 39.9 Å². The van der Waals surface area contributed by atoms with Crippen LogP contribution in [0.4, 0.5) is 5.69 Å². The summed E-state index contributed by atoms with van der Waals surface area (Å²) in [6.45, 7) is 4.91. The number of nitrogens with one attached hydrogen (secondary N) is 2. The fourth-order valence-electron chi connectivity index (χ4n) is 3.65. The molecule has 0 aromatic heterocycles. The molecule has 178 valence electrons. The van der Waals surface area contributed by atoms with E-state index in [9.17, 15) is 18.0 Å². The van der Waals surface area contributed by atoms with Gasteiger partial charge in [0.15, 0.2) is 0 Å². The minimum atomic E-state index is -3.99. The highest BCUT2D eigenvalue weighted by molar-refractivity contribution is 7.92. The molecule has 2 amide bonds. The third-order valence-electron chi connectivity index (χ3n) is 5.45. The molecule has 0 unspecified atom stereocenters. The number of amides is 2. The van der Waals surface area contributed by atoms with E-state index in [1.165, 1.54) is 31.4 Å². The molecule has 3 rings (SSSR count). The first kappa shape index (κ1) is 24.9. The number of sulfonamides is 1. The molecule has 0 atom stereocenters. The number of rotatable bonds is 7. The lowest BCUT2D eigenvalue weighted by molar-refractivity contribution is -0.135. The van der Waals surface area contributed by atoms with Crippen molar-refractivity contribution in [2.45, 2.75) is 37.6 Å². The zero-order chi connectivity index (χ0) is 24.2. The van der Waals surface area contributed by atoms with Gasteiger partial charge in [0.25, 0.3) is 15.9 Å². The number of benzene rings is 2. The Bertz CT molecular complexity index is 1130. The normalized spacial score (nSPS) is 14.8. The van der Waals surface area contributed by atoms with Crippen molar-refractivity contribution in [3.05, 3.63) is 53.1 Å². The number of hydrogen-bond acceptors (Lipinski definition) is 5. The predicted molar refractivity (Wildman–Crippen MR) is 127 cm³/mol. The second-order valence-electron chi connectivity index (χ2n) is 8.21. The van der Waals surface area contributed by atoms with Gasteiger partial charge in [0.05, 0.1) is 17.7 Å². The maximum absolute atomic E-state index is 12.9. The largest absolute Gasteiger partial charge is 0.495 e. The summed E-state index contributed by atoms with van der Waals surface area (Å²) in [5.41, 5.74) is 0.430. The summed E-state index contributed by atoms with van der Waals surface area (Å²) in [7, 11) is -2.56. The first-order valence-corrected chi connectivity index (χ1v) is 12.5. The molecule has 2 N–H and O–H groups in total. The number of piperidine rings is 1. The van der Waals surface area contributed by atoms with E-state index >= 15 is 0 Å². The van der Waals surface area contributed by atoms with Crippen LogP contribution in [-0.4, -0.2) is 51.4 Å². The van der Waals surface area contributed by atoms with E-state index in [0.29, 0.717) is 36.7 Å². The highest BCUT2D eigenvalue weighted by Gasteiger charge is 2.26. The molecule has 1 heterocycles. The van der Waals surface area contributed by atoms with Crippen LogP contribution < -0.4 is 14.8 Å². The van der Waals surface area contributed by atoms with Crippen molar-refractivity contribution in [3.63, 3.8) is 0 Å². The van der Waals surface area contributed by atoms with Crippen LogP contribution in [0.1, 0.15) is 37.0 Å². The maximum Gasteiger partial charge on any atom is 0.262 e. The number of ether oxygens (including phenoxy) is 1. The van der Waals surface area contributed by atoms with Crippen LogP contribution in [0, 0.1) is 5.92 Å².